The van der Waals surface area contributed by atoms with Gasteiger partial charge in [-0.1, -0.05) is 50.7 Å². The van der Waals surface area contributed by atoms with Crippen LogP contribution >= 0.6 is 11.8 Å². The molecule has 7 heteroatoms. The number of rotatable bonds is 8. The summed E-state index contributed by atoms with van der Waals surface area (Å²) in [6, 6.07) is 12.3. The van der Waals surface area contributed by atoms with Crippen LogP contribution in [0.25, 0.3) is 17.1 Å². The molecule has 0 spiro atoms. The minimum absolute atomic E-state index is 0.000951. The monoisotopic (exact) mass is 409 g/mol. The molecular weight excluding hydrogens is 382 g/mol. The normalized spacial score (nSPS) is 12.2. The fraction of sp³-hybridized carbons (Fsp3) is 0.364. The number of benzene rings is 1. The highest BCUT2D eigenvalue weighted by Crippen LogP contribution is 2.31. The van der Waals surface area contributed by atoms with E-state index in [0.717, 1.165) is 23.5 Å². The Balaban J connectivity index is 2.00. The number of thioether (sulfide) groups is 1. The maximum Gasteiger partial charge on any atom is 0.230 e. The summed E-state index contributed by atoms with van der Waals surface area (Å²) in [5, 5.41) is 12.5. The lowest BCUT2D eigenvalue weighted by molar-refractivity contribution is -0.119. The van der Waals surface area contributed by atoms with Gasteiger partial charge in [-0.2, -0.15) is 0 Å². The molecule has 1 atom stereocenters. The van der Waals surface area contributed by atoms with E-state index in [2.05, 4.69) is 53.4 Å². The van der Waals surface area contributed by atoms with Crippen molar-refractivity contribution in [2.75, 3.05) is 5.75 Å². The average Bonchev–Trinajstić information content (AvgIpc) is 3.16. The van der Waals surface area contributed by atoms with E-state index in [-0.39, 0.29) is 11.9 Å². The number of carbonyl (C=O) groups excluding carboxylic acids is 1. The lowest BCUT2D eigenvalue weighted by Gasteiger charge is -2.17. The highest BCUT2D eigenvalue weighted by Gasteiger charge is 2.20. The van der Waals surface area contributed by atoms with E-state index in [4.69, 9.17) is 0 Å². The van der Waals surface area contributed by atoms with Crippen LogP contribution in [0.4, 0.5) is 0 Å². The second-order valence-corrected chi connectivity index (χ2v) is 8.20. The number of amides is 1. The summed E-state index contributed by atoms with van der Waals surface area (Å²) in [5.74, 6) is 1.34. The minimum Gasteiger partial charge on any atom is -0.353 e. The van der Waals surface area contributed by atoms with E-state index in [1.807, 2.05) is 35.8 Å². The van der Waals surface area contributed by atoms with Crippen molar-refractivity contribution >= 4 is 17.7 Å². The Morgan fingerprint density at radius 3 is 2.62 bits per heavy atom. The molecular formula is C22H27N5OS. The Labute approximate surface area is 176 Å². The zero-order valence-corrected chi connectivity index (χ0v) is 18.1. The van der Waals surface area contributed by atoms with Crippen molar-refractivity contribution in [1.29, 1.82) is 0 Å². The van der Waals surface area contributed by atoms with Gasteiger partial charge in [-0.05, 0) is 43.0 Å². The number of nitrogens with one attached hydrogen (secondary N) is 1. The van der Waals surface area contributed by atoms with E-state index in [0.29, 0.717) is 16.8 Å². The van der Waals surface area contributed by atoms with Crippen molar-refractivity contribution in [3.63, 3.8) is 0 Å². The molecule has 2 aromatic heterocycles. The predicted octanol–water partition coefficient (Wildman–Crippen LogP) is 4.46. The lowest BCUT2D eigenvalue weighted by atomic mass is 10.0. The van der Waals surface area contributed by atoms with Crippen LogP contribution in [0, 0.1) is 0 Å². The maximum atomic E-state index is 12.3. The molecule has 152 valence electrons. The molecule has 6 nitrogen and oxygen atoms in total. The molecule has 0 saturated carbocycles. The Bertz CT molecular complexity index is 955. The number of pyridine rings is 1. The van der Waals surface area contributed by atoms with Crippen molar-refractivity contribution in [2.45, 2.75) is 51.2 Å². The number of para-hydroxylation sites is 1. The van der Waals surface area contributed by atoms with Crippen LogP contribution in [0.1, 0.15) is 45.6 Å². The van der Waals surface area contributed by atoms with E-state index >= 15 is 0 Å². The summed E-state index contributed by atoms with van der Waals surface area (Å²) in [5.41, 5.74) is 3.11. The van der Waals surface area contributed by atoms with E-state index in [1.165, 1.54) is 17.3 Å². The molecule has 0 radical (unpaired) electrons. The summed E-state index contributed by atoms with van der Waals surface area (Å²) >= 11 is 1.40. The molecule has 2 heterocycles. The molecule has 0 aliphatic heterocycles. The SMILES string of the molecule is CC[C@@H](C)NC(=O)CSc1nnc(-c2cccnc2)n1-c1ccccc1C(C)C. The molecule has 1 aromatic carbocycles. The van der Waals surface area contributed by atoms with Crippen LogP contribution in [0.2, 0.25) is 0 Å². The van der Waals surface area contributed by atoms with Gasteiger partial charge in [0.2, 0.25) is 5.91 Å². The maximum absolute atomic E-state index is 12.3. The summed E-state index contributed by atoms with van der Waals surface area (Å²) in [6.07, 6.45) is 4.42. The number of nitrogens with zero attached hydrogens (tertiary/aromatic N) is 4. The second kappa shape index (κ2) is 9.69. The first kappa shape index (κ1) is 21.0. The van der Waals surface area contributed by atoms with E-state index in [9.17, 15) is 4.79 Å². The van der Waals surface area contributed by atoms with Crippen molar-refractivity contribution in [1.82, 2.24) is 25.1 Å². The molecule has 1 amide bonds. The molecule has 0 unspecified atom stereocenters. The second-order valence-electron chi connectivity index (χ2n) is 7.26. The van der Waals surface area contributed by atoms with E-state index < -0.39 is 0 Å². The van der Waals surface area contributed by atoms with Gasteiger partial charge in [-0.25, -0.2) is 0 Å². The van der Waals surface area contributed by atoms with Gasteiger partial charge < -0.3 is 5.32 Å². The molecule has 0 aliphatic carbocycles. The summed E-state index contributed by atoms with van der Waals surface area (Å²) < 4.78 is 2.04. The van der Waals surface area contributed by atoms with Gasteiger partial charge >= 0.3 is 0 Å². The molecule has 0 aliphatic rings. The molecule has 1 N–H and O–H groups in total. The number of hydrogen-bond donors (Lipinski definition) is 1. The van der Waals surface area contributed by atoms with Crippen LogP contribution in [-0.4, -0.2) is 37.5 Å². The van der Waals surface area contributed by atoms with Crippen LogP contribution < -0.4 is 5.32 Å². The molecule has 3 aromatic rings. The lowest BCUT2D eigenvalue weighted by Crippen LogP contribution is -2.33. The molecule has 0 bridgehead atoms. The van der Waals surface area contributed by atoms with Gasteiger partial charge in [0.05, 0.1) is 11.4 Å². The predicted molar refractivity (Wildman–Crippen MR) is 117 cm³/mol. The summed E-state index contributed by atoms with van der Waals surface area (Å²) in [6.45, 7) is 8.39. The quantitative estimate of drug-likeness (QED) is 0.556. The first-order valence-electron chi connectivity index (χ1n) is 9.88. The van der Waals surface area contributed by atoms with Crippen molar-refractivity contribution in [3.05, 3.63) is 54.4 Å². The Kier molecular flexibility index (Phi) is 7.04. The van der Waals surface area contributed by atoms with Gasteiger partial charge in [0.15, 0.2) is 11.0 Å². The van der Waals surface area contributed by atoms with Gasteiger partial charge in [0.25, 0.3) is 0 Å². The first-order valence-corrected chi connectivity index (χ1v) is 10.9. The minimum atomic E-state index is -0.000951. The number of aromatic nitrogens is 4. The van der Waals surface area contributed by atoms with Gasteiger partial charge in [0.1, 0.15) is 0 Å². The highest BCUT2D eigenvalue weighted by molar-refractivity contribution is 7.99. The summed E-state index contributed by atoms with van der Waals surface area (Å²) in [4.78, 5) is 16.5. The molecule has 3 rings (SSSR count). The van der Waals surface area contributed by atoms with Crippen LogP contribution in [0.15, 0.2) is 53.9 Å². The molecule has 0 fully saturated rings. The largest absolute Gasteiger partial charge is 0.353 e. The Morgan fingerprint density at radius 1 is 1.14 bits per heavy atom. The van der Waals surface area contributed by atoms with Gasteiger partial charge in [0, 0.05) is 24.0 Å². The number of hydrogen-bond acceptors (Lipinski definition) is 5. The molecule has 29 heavy (non-hydrogen) atoms. The highest BCUT2D eigenvalue weighted by atomic mass is 32.2. The zero-order valence-electron chi connectivity index (χ0n) is 17.3. The smallest absolute Gasteiger partial charge is 0.230 e. The van der Waals surface area contributed by atoms with Crippen molar-refractivity contribution in [3.8, 4) is 17.1 Å². The fourth-order valence-corrected chi connectivity index (χ4v) is 3.75. The van der Waals surface area contributed by atoms with Gasteiger partial charge in [-0.15, -0.1) is 10.2 Å². The van der Waals surface area contributed by atoms with Crippen molar-refractivity contribution < 1.29 is 4.79 Å². The first-order chi connectivity index (χ1) is 14.0. The van der Waals surface area contributed by atoms with Crippen LogP contribution in [0.3, 0.4) is 0 Å². The Hall–Kier alpha value is -2.67. The summed E-state index contributed by atoms with van der Waals surface area (Å²) in [7, 11) is 0. The third-order valence-electron chi connectivity index (χ3n) is 4.70. The zero-order chi connectivity index (χ0) is 20.8. The van der Waals surface area contributed by atoms with Gasteiger partial charge in [-0.3, -0.25) is 14.3 Å². The van der Waals surface area contributed by atoms with E-state index in [1.54, 1.807) is 12.4 Å². The fourth-order valence-electron chi connectivity index (χ4n) is 2.99. The topological polar surface area (TPSA) is 72.7 Å². The van der Waals surface area contributed by atoms with Crippen LogP contribution in [0.5, 0.6) is 0 Å². The molecule has 0 saturated heterocycles. The third-order valence-corrected chi connectivity index (χ3v) is 5.63. The van der Waals surface area contributed by atoms with Crippen LogP contribution in [-0.2, 0) is 4.79 Å². The standard InChI is InChI=1S/C22H27N5OS/c1-5-16(4)24-20(28)14-29-22-26-25-21(17-9-8-12-23-13-17)27(22)19-11-7-6-10-18(19)15(2)3/h6-13,15-16H,5,14H2,1-4H3,(H,24,28)/t16-/m1/s1. The van der Waals surface area contributed by atoms with Crippen molar-refractivity contribution in [2.24, 2.45) is 0 Å². The average molecular weight is 410 g/mol. The Morgan fingerprint density at radius 2 is 1.93 bits per heavy atom. The third kappa shape index (κ3) is 5.03. The number of carbonyl (C=O) groups is 1.